The van der Waals surface area contributed by atoms with Gasteiger partial charge in [-0.1, -0.05) is 107 Å². The second kappa shape index (κ2) is 17.1. The van der Waals surface area contributed by atoms with E-state index in [2.05, 4.69) is 0 Å². The van der Waals surface area contributed by atoms with Crippen molar-refractivity contribution in [3.8, 4) is 0 Å². The number of rotatable bonds is 4. The second-order valence-corrected chi connectivity index (χ2v) is 7.57. The fourth-order valence-electron chi connectivity index (χ4n) is 3.50. The molecule has 0 bridgehead atoms. The summed E-state index contributed by atoms with van der Waals surface area (Å²) in [6, 6.07) is 19.1. The maximum absolute atomic E-state index is 11.7. The van der Waals surface area contributed by atoms with Gasteiger partial charge in [-0.05, 0) is 24.0 Å². The first-order valence-corrected chi connectivity index (χ1v) is 11.7. The zero-order chi connectivity index (χ0) is 22.7. The van der Waals surface area contributed by atoms with E-state index >= 15 is 0 Å². The van der Waals surface area contributed by atoms with Gasteiger partial charge in [0, 0.05) is 13.1 Å². The van der Waals surface area contributed by atoms with E-state index in [-0.39, 0.29) is 12.3 Å². The SMILES string of the molecule is C1CCCC1.CC.O=C(Cc1ccccc1)N1CCCC1.O=C(O)Cc1ccccc1. The molecule has 1 saturated heterocycles. The fourth-order valence-corrected chi connectivity index (χ4v) is 3.50. The Balaban J connectivity index is 0.000000246. The zero-order valence-electron chi connectivity index (χ0n) is 19.3. The summed E-state index contributed by atoms with van der Waals surface area (Å²) in [5.41, 5.74) is 1.96. The number of aliphatic carboxylic acids is 1. The fraction of sp³-hybridized carbons (Fsp3) is 0.481. The predicted molar refractivity (Wildman–Crippen MR) is 128 cm³/mol. The highest BCUT2D eigenvalue weighted by Crippen LogP contribution is 2.15. The highest BCUT2D eigenvalue weighted by Gasteiger charge is 2.17. The molecular formula is C27H39NO3. The maximum Gasteiger partial charge on any atom is 0.307 e. The topological polar surface area (TPSA) is 57.6 Å². The number of carboxylic acids is 1. The number of carbonyl (C=O) groups is 2. The second-order valence-electron chi connectivity index (χ2n) is 7.57. The van der Waals surface area contributed by atoms with E-state index in [9.17, 15) is 9.59 Å². The average Bonchev–Trinajstić information content (AvgIpc) is 3.54. The summed E-state index contributed by atoms with van der Waals surface area (Å²) in [6.07, 6.45) is 10.5. The largest absolute Gasteiger partial charge is 0.481 e. The van der Waals surface area contributed by atoms with Crippen molar-refractivity contribution in [1.29, 1.82) is 0 Å². The lowest BCUT2D eigenvalue weighted by Crippen LogP contribution is -2.28. The van der Waals surface area contributed by atoms with Gasteiger partial charge in [-0.25, -0.2) is 0 Å². The van der Waals surface area contributed by atoms with Gasteiger partial charge < -0.3 is 10.0 Å². The highest BCUT2D eigenvalue weighted by molar-refractivity contribution is 5.78. The van der Waals surface area contributed by atoms with Crippen LogP contribution in [0.15, 0.2) is 60.7 Å². The van der Waals surface area contributed by atoms with Crippen molar-refractivity contribution in [3.63, 3.8) is 0 Å². The van der Waals surface area contributed by atoms with Crippen molar-refractivity contribution >= 4 is 11.9 Å². The summed E-state index contributed by atoms with van der Waals surface area (Å²) in [6.45, 7) is 5.90. The molecule has 0 unspecified atom stereocenters. The Morgan fingerprint density at radius 2 is 1.06 bits per heavy atom. The summed E-state index contributed by atoms with van der Waals surface area (Å²) >= 11 is 0. The van der Waals surface area contributed by atoms with Gasteiger partial charge in [0.1, 0.15) is 0 Å². The van der Waals surface area contributed by atoms with Gasteiger partial charge in [0.05, 0.1) is 12.8 Å². The number of likely N-dealkylation sites (tertiary alicyclic amines) is 1. The van der Waals surface area contributed by atoms with Crippen LogP contribution >= 0.6 is 0 Å². The van der Waals surface area contributed by atoms with Crippen molar-refractivity contribution in [3.05, 3.63) is 71.8 Å². The molecule has 0 aromatic heterocycles. The van der Waals surface area contributed by atoms with Gasteiger partial charge in [0.2, 0.25) is 5.91 Å². The van der Waals surface area contributed by atoms with Gasteiger partial charge in [-0.2, -0.15) is 0 Å². The van der Waals surface area contributed by atoms with Crippen molar-refractivity contribution in [2.45, 2.75) is 71.6 Å². The van der Waals surface area contributed by atoms with Crippen molar-refractivity contribution in [2.24, 2.45) is 0 Å². The number of carbonyl (C=O) groups excluding carboxylic acids is 1. The minimum atomic E-state index is -0.786. The van der Waals surface area contributed by atoms with E-state index < -0.39 is 5.97 Å². The molecule has 4 heteroatoms. The van der Waals surface area contributed by atoms with Crippen LogP contribution in [-0.4, -0.2) is 35.0 Å². The van der Waals surface area contributed by atoms with Crippen molar-refractivity contribution < 1.29 is 14.7 Å². The van der Waals surface area contributed by atoms with Gasteiger partial charge in [-0.3, -0.25) is 9.59 Å². The van der Waals surface area contributed by atoms with Crippen LogP contribution in [0.3, 0.4) is 0 Å². The molecule has 1 aliphatic carbocycles. The Kier molecular flexibility index (Phi) is 14.6. The van der Waals surface area contributed by atoms with Crippen LogP contribution in [0.25, 0.3) is 0 Å². The highest BCUT2D eigenvalue weighted by atomic mass is 16.4. The van der Waals surface area contributed by atoms with Crippen LogP contribution in [0.1, 0.15) is 69.9 Å². The number of benzene rings is 2. The molecule has 0 radical (unpaired) electrons. The molecule has 4 nitrogen and oxygen atoms in total. The zero-order valence-corrected chi connectivity index (χ0v) is 19.3. The molecular weight excluding hydrogens is 386 g/mol. The number of amides is 1. The normalized spacial score (nSPS) is 14.2. The molecule has 1 aliphatic heterocycles. The first kappa shape index (κ1) is 26.4. The molecule has 2 aromatic carbocycles. The van der Waals surface area contributed by atoms with Crippen molar-refractivity contribution in [1.82, 2.24) is 4.90 Å². The number of carboxylic acid groups (broad SMARTS) is 1. The van der Waals surface area contributed by atoms with E-state index in [1.807, 2.05) is 67.3 Å². The third kappa shape index (κ3) is 12.6. The molecule has 2 fully saturated rings. The molecule has 170 valence electrons. The Morgan fingerprint density at radius 3 is 1.45 bits per heavy atom. The van der Waals surface area contributed by atoms with E-state index in [4.69, 9.17) is 5.11 Å². The van der Waals surface area contributed by atoms with Crippen LogP contribution in [-0.2, 0) is 22.4 Å². The molecule has 1 amide bonds. The van der Waals surface area contributed by atoms with Gasteiger partial charge >= 0.3 is 5.97 Å². The molecule has 1 saturated carbocycles. The van der Waals surface area contributed by atoms with Crippen LogP contribution in [0, 0.1) is 0 Å². The summed E-state index contributed by atoms with van der Waals surface area (Å²) in [5.74, 6) is -0.514. The summed E-state index contributed by atoms with van der Waals surface area (Å²) < 4.78 is 0. The van der Waals surface area contributed by atoms with Crippen molar-refractivity contribution in [2.75, 3.05) is 13.1 Å². The van der Waals surface area contributed by atoms with Crippen LogP contribution in [0.2, 0.25) is 0 Å². The smallest absolute Gasteiger partial charge is 0.307 e. The quantitative estimate of drug-likeness (QED) is 0.640. The molecule has 0 atom stereocenters. The molecule has 1 heterocycles. The van der Waals surface area contributed by atoms with Crippen LogP contribution in [0.5, 0.6) is 0 Å². The average molecular weight is 426 g/mol. The van der Waals surface area contributed by atoms with Gasteiger partial charge in [-0.15, -0.1) is 0 Å². The maximum atomic E-state index is 11.7. The minimum Gasteiger partial charge on any atom is -0.481 e. The molecule has 1 N–H and O–H groups in total. The lowest BCUT2D eigenvalue weighted by Gasteiger charge is -2.14. The third-order valence-corrected chi connectivity index (χ3v) is 5.11. The Morgan fingerprint density at radius 1 is 0.677 bits per heavy atom. The van der Waals surface area contributed by atoms with Gasteiger partial charge in [0.25, 0.3) is 0 Å². The summed E-state index contributed by atoms with van der Waals surface area (Å²) in [7, 11) is 0. The Hall–Kier alpha value is -2.62. The van der Waals surface area contributed by atoms with E-state index in [1.54, 1.807) is 12.1 Å². The number of nitrogens with zero attached hydrogens (tertiary/aromatic N) is 1. The van der Waals surface area contributed by atoms with E-state index in [0.717, 1.165) is 24.2 Å². The molecule has 0 spiro atoms. The first-order valence-electron chi connectivity index (χ1n) is 11.7. The lowest BCUT2D eigenvalue weighted by atomic mass is 10.1. The lowest BCUT2D eigenvalue weighted by molar-refractivity contribution is -0.136. The monoisotopic (exact) mass is 425 g/mol. The van der Waals surface area contributed by atoms with Crippen LogP contribution in [0.4, 0.5) is 0 Å². The molecule has 31 heavy (non-hydrogen) atoms. The van der Waals surface area contributed by atoms with E-state index in [1.165, 1.54) is 44.9 Å². The third-order valence-electron chi connectivity index (χ3n) is 5.11. The number of hydrogen-bond acceptors (Lipinski definition) is 2. The minimum absolute atomic E-state index is 0.112. The summed E-state index contributed by atoms with van der Waals surface area (Å²) in [5, 5.41) is 8.37. The predicted octanol–water partition coefficient (Wildman–Crippen LogP) is 6.14. The van der Waals surface area contributed by atoms with E-state index in [0.29, 0.717) is 6.42 Å². The molecule has 2 aliphatic rings. The van der Waals surface area contributed by atoms with Crippen LogP contribution < -0.4 is 0 Å². The Labute approximate surface area is 188 Å². The molecule has 4 rings (SSSR count). The first-order chi connectivity index (χ1) is 15.1. The standard InChI is InChI=1S/C12H15NO.C8H8O2.C5H10.C2H6/c14-12(13-8-4-5-9-13)10-11-6-2-1-3-7-11;9-8(10)6-7-4-2-1-3-5-7;1-2-4-5-3-1;1-2/h1-3,6-7H,4-5,8-10H2;1-5H,6H2,(H,9,10);1-5H2;1-2H3. The summed E-state index contributed by atoms with van der Waals surface area (Å²) in [4.78, 5) is 23.9. The Bertz CT molecular complexity index is 698. The molecule has 2 aromatic rings. The van der Waals surface area contributed by atoms with Gasteiger partial charge in [0.15, 0.2) is 0 Å². The number of hydrogen-bond donors (Lipinski definition) is 1.